The van der Waals surface area contributed by atoms with Crippen LogP contribution >= 0.6 is 23.2 Å². The van der Waals surface area contributed by atoms with Crippen molar-refractivity contribution in [2.75, 3.05) is 0 Å². The number of aromatic nitrogens is 1. The third kappa shape index (κ3) is 4.38. The number of hydrogen-bond acceptors (Lipinski definition) is 2. The van der Waals surface area contributed by atoms with Crippen molar-refractivity contribution in [1.82, 2.24) is 4.57 Å². The van der Waals surface area contributed by atoms with Crippen molar-refractivity contribution < 1.29 is 4.42 Å². The summed E-state index contributed by atoms with van der Waals surface area (Å²) >= 11 is 12.7. The summed E-state index contributed by atoms with van der Waals surface area (Å²) in [5.74, 6) is 0.721. The molecule has 0 radical (unpaired) electrons. The second kappa shape index (κ2) is 9.14. The van der Waals surface area contributed by atoms with Crippen LogP contribution in [0.3, 0.4) is 0 Å². The SMILES string of the molecule is Cc1ccc(N=c2oc(-c3ccccc3)c(-c3ccccc3)n2-c2ccc(Cl)cc2)c(Cl)c1. The fourth-order valence-corrected chi connectivity index (χ4v) is 4.14. The first-order chi connectivity index (χ1) is 16.1. The number of oxazole rings is 1. The molecule has 0 saturated carbocycles. The maximum Gasteiger partial charge on any atom is 0.307 e. The molecule has 5 heteroatoms. The lowest BCUT2D eigenvalue weighted by Crippen LogP contribution is -2.15. The molecule has 1 aromatic heterocycles. The van der Waals surface area contributed by atoms with Gasteiger partial charge in [-0.15, -0.1) is 0 Å². The Kier molecular flexibility index (Phi) is 5.91. The van der Waals surface area contributed by atoms with E-state index in [4.69, 9.17) is 32.6 Å². The largest absolute Gasteiger partial charge is 0.422 e. The van der Waals surface area contributed by atoms with E-state index < -0.39 is 0 Å². The maximum absolute atomic E-state index is 6.52. The number of nitrogens with zero attached hydrogens (tertiary/aromatic N) is 2. The lowest BCUT2D eigenvalue weighted by molar-refractivity contribution is 0.499. The summed E-state index contributed by atoms with van der Waals surface area (Å²) in [6.45, 7) is 2.00. The van der Waals surface area contributed by atoms with E-state index in [1.807, 2.05) is 102 Å². The molecule has 0 bridgehead atoms. The summed E-state index contributed by atoms with van der Waals surface area (Å²) < 4.78 is 8.47. The Hall–Kier alpha value is -3.53. The van der Waals surface area contributed by atoms with Crippen LogP contribution < -0.4 is 5.68 Å². The van der Waals surface area contributed by atoms with Crippen molar-refractivity contribution in [2.45, 2.75) is 6.92 Å². The molecule has 5 rings (SSSR count). The zero-order valence-electron chi connectivity index (χ0n) is 17.9. The molecule has 5 aromatic rings. The van der Waals surface area contributed by atoms with Crippen molar-refractivity contribution >= 4 is 28.9 Å². The molecule has 0 amide bonds. The third-order valence-electron chi connectivity index (χ3n) is 5.31. The number of benzene rings is 4. The third-order valence-corrected chi connectivity index (χ3v) is 5.87. The van der Waals surface area contributed by atoms with Gasteiger partial charge in [-0.25, -0.2) is 0 Å². The van der Waals surface area contributed by atoms with Crippen molar-refractivity contribution in [1.29, 1.82) is 0 Å². The van der Waals surface area contributed by atoms with Crippen LogP contribution in [0, 0.1) is 6.92 Å². The second-order valence-corrected chi connectivity index (χ2v) is 8.52. The summed E-state index contributed by atoms with van der Waals surface area (Å²) in [7, 11) is 0. The molecule has 0 saturated heterocycles. The molecule has 162 valence electrons. The minimum atomic E-state index is 0.417. The lowest BCUT2D eigenvalue weighted by atomic mass is 10.1. The van der Waals surface area contributed by atoms with Crippen LogP contribution in [0.5, 0.6) is 0 Å². The van der Waals surface area contributed by atoms with Gasteiger partial charge in [0.2, 0.25) is 0 Å². The maximum atomic E-state index is 6.52. The zero-order chi connectivity index (χ0) is 22.8. The molecule has 0 aliphatic carbocycles. The monoisotopic (exact) mass is 470 g/mol. The molecule has 3 nitrogen and oxygen atoms in total. The van der Waals surface area contributed by atoms with E-state index in [1.165, 1.54) is 0 Å². The zero-order valence-corrected chi connectivity index (χ0v) is 19.4. The van der Waals surface area contributed by atoms with Crippen LogP contribution in [0.25, 0.3) is 28.3 Å². The van der Waals surface area contributed by atoms with Gasteiger partial charge in [0.25, 0.3) is 0 Å². The van der Waals surface area contributed by atoms with E-state index >= 15 is 0 Å². The highest BCUT2D eigenvalue weighted by atomic mass is 35.5. The average molecular weight is 471 g/mol. The second-order valence-electron chi connectivity index (χ2n) is 7.67. The molecule has 0 aliphatic heterocycles. The minimum absolute atomic E-state index is 0.417. The van der Waals surface area contributed by atoms with Gasteiger partial charge in [0.15, 0.2) is 5.76 Å². The molecule has 1 heterocycles. The van der Waals surface area contributed by atoms with Crippen LogP contribution in [0.1, 0.15) is 5.56 Å². The first-order valence-corrected chi connectivity index (χ1v) is 11.3. The van der Waals surface area contributed by atoms with Gasteiger partial charge in [0, 0.05) is 16.1 Å². The fourth-order valence-electron chi connectivity index (χ4n) is 3.73. The highest BCUT2D eigenvalue weighted by Gasteiger charge is 2.20. The van der Waals surface area contributed by atoms with E-state index in [9.17, 15) is 0 Å². The summed E-state index contributed by atoms with van der Waals surface area (Å²) in [5.41, 5.74) is 5.86. The number of rotatable bonds is 4. The van der Waals surface area contributed by atoms with Gasteiger partial charge in [0.05, 0.1) is 16.4 Å². The predicted molar refractivity (Wildman–Crippen MR) is 135 cm³/mol. The van der Waals surface area contributed by atoms with E-state index in [1.54, 1.807) is 0 Å². The molecule has 4 aromatic carbocycles. The van der Waals surface area contributed by atoms with Crippen LogP contribution in [-0.4, -0.2) is 4.57 Å². The predicted octanol–water partition coefficient (Wildman–Crippen LogP) is 8.25. The van der Waals surface area contributed by atoms with Crippen LogP contribution in [0.4, 0.5) is 5.69 Å². The molecular weight excluding hydrogens is 451 g/mol. The minimum Gasteiger partial charge on any atom is -0.422 e. The highest BCUT2D eigenvalue weighted by Crippen LogP contribution is 2.34. The Bertz CT molecular complexity index is 1470. The standard InChI is InChI=1S/C28H20Cl2N2O/c1-19-12-17-25(24(30)18-19)31-28-32(23-15-13-22(29)14-16-23)26(20-8-4-2-5-9-20)27(33-28)21-10-6-3-7-11-21/h2-18H,1H3. The average Bonchev–Trinajstić information content (AvgIpc) is 3.22. The van der Waals surface area contributed by atoms with Gasteiger partial charge in [-0.05, 0) is 48.9 Å². The molecule has 0 atom stereocenters. The fraction of sp³-hybridized carbons (Fsp3) is 0.0357. The van der Waals surface area contributed by atoms with Gasteiger partial charge in [-0.2, -0.15) is 4.99 Å². The summed E-state index contributed by atoms with van der Waals surface area (Å²) in [5, 5.41) is 1.23. The summed E-state index contributed by atoms with van der Waals surface area (Å²) in [4.78, 5) is 4.84. The lowest BCUT2D eigenvalue weighted by Gasteiger charge is -2.10. The van der Waals surface area contributed by atoms with Gasteiger partial charge in [-0.1, -0.05) is 89.9 Å². The van der Waals surface area contributed by atoms with E-state index in [0.29, 0.717) is 21.4 Å². The molecule has 0 fully saturated rings. The Morgan fingerprint density at radius 2 is 1.36 bits per heavy atom. The summed E-state index contributed by atoms with van der Waals surface area (Å²) in [6.07, 6.45) is 0. The first-order valence-electron chi connectivity index (χ1n) is 10.5. The van der Waals surface area contributed by atoms with Crippen LogP contribution in [-0.2, 0) is 0 Å². The Labute approximate surface area is 202 Å². The first kappa shape index (κ1) is 21.3. The quantitative estimate of drug-likeness (QED) is 0.260. The smallest absolute Gasteiger partial charge is 0.307 e. The molecule has 0 N–H and O–H groups in total. The number of aryl methyl sites for hydroxylation is 1. The van der Waals surface area contributed by atoms with E-state index in [0.717, 1.165) is 33.8 Å². The number of halogens is 2. The number of hydrogen-bond donors (Lipinski definition) is 0. The van der Waals surface area contributed by atoms with Crippen molar-refractivity contribution in [3.8, 4) is 28.3 Å². The molecule has 33 heavy (non-hydrogen) atoms. The van der Waals surface area contributed by atoms with Gasteiger partial charge in [-0.3, -0.25) is 4.57 Å². The normalized spacial score (nSPS) is 11.7. The Balaban J connectivity index is 1.88. The van der Waals surface area contributed by atoms with Crippen molar-refractivity contribution in [3.63, 3.8) is 0 Å². The van der Waals surface area contributed by atoms with Gasteiger partial charge < -0.3 is 4.42 Å². The van der Waals surface area contributed by atoms with Crippen LogP contribution in [0.2, 0.25) is 10.0 Å². The Morgan fingerprint density at radius 1 is 0.727 bits per heavy atom. The molecular formula is C28H20Cl2N2O. The molecule has 0 aliphatic rings. The van der Waals surface area contributed by atoms with Crippen LogP contribution in [0.15, 0.2) is 113 Å². The van der Waals surface area contributed by atoms with Crippen molar-refractivity contribution in [3.05, 3.63) is 124 Å². The van der Waals surface area contributed by atoms with E-state index in [2.05, 4.69) is 12.1 Å². The van der Waals surface area contributed by atoms with E-state index in [-0.39, 0.29) is 0 Å². The van der Waals surface area contributed by atoms with Gasteiger partial charge >= 0.3 is 5.68 Å². The Morgan fingerprint density at radius 3 is 2.00 bits per heavy atom. The molecule has 0 spiro atoms. The van der Waals surface area contributed by atoms with Crippen molar-refractivity contribution in [2.24, 2.45) is 4.99 Å². The highest BCUT2D eigenvalue weighted by molar-refractivity contribution is 6.33. The van der Waals surface area contributed by atoms with Gasteiger partial charge in [0.1, 0.15) is 5.69 Å². The molecule has 0 unspecified atom stereocenters. The summed E-state index contributed by atoms with van der Waals surface area (Å²) in [6, 6.07) is 33.6. The topological polar surface area (TPSA) is 30.4 Å².